The van der Waals surface area contributed by atoms with Gasteiger partial charge in [0.25, 0.3) is 0 Å². The fraction of sp³-hybridized carbons (Fsp3) is 0.312. The molecule has 0 fully saturated rings. The van der Waals surface area contributed by atoms with E-state index in [1.165, 1.54) is 16.3 Å². The summed E-state index contributed by atoms with van der Waals surface area (Å²) in [4.78, 5) is 10.5. The molecule has 0 aromatic heterocycles. The molecule has 0 aliphatic heterocycles. The van der Waals surface area contributed by atoms with Gasteiger partial charge in [-0.3, -0.25) is 4.79 Å². The van der Waals surface area contributed by atoms with Crippen molar-refractivity contribution >= 4 is 16.7 Å². The van der Waals surface area contributed by atoms with Gasteiger partial charge in [0.2, 0.25) is 0 Å². The SMILES string of the molecule is Cc1ccc2cc(C(N)CCCC(=O)O)ccc2c1. The van der Waals surface area contributed by atoms with Crippen LogP contribution in [0.2, 0.25) is 0 Å². The van der Waals surface area contributed by atoms with Crippen LogP contribution in [0.3, 0.4) is 0 Å². The number of hydrogen-bond donors (Lipinski definition) is 2. The smallest absolute Gasteiger partial charge is 0.303 e. The molecule has 1 atom stereocenters. The Hall–Kier alpha value is -1.87. The van der Waals surface area contributed by atoms with Crippen LogP contribution in [0.4, 0.5) is 0 Å². The van der Waals surface area contributed by atoms with E-state index in [1.54, 1.807) is 0 Å². The first-order valence-electron chi connectivity index (χ1n) is 6.54. The molecule has 0 aliphatic rings. The van der Waals surface area contributed by atoms with Gasteiger partial charge in [0.05, 0.1) is 0 Å². The zero-order valence-electron chi connectivity index (χ0n) is 11.1. The molecule has 19 heavy (non-hydrogen) atoms. The van der Waals surface area contributed by atoms with Gasteiger partial charge in [0, 0.05) is 12.5 Å². The summed E-state index contributed by atoms with van der Waals surface area (Å²) in [6, 6.07) is 12.4. The first kappa shape index (κ1) is 13.6. The Morgan fingerprint density at radius 3 is 2.63 bits per heavy atom. The molecule has 0 radical (unpaired) electrons. The number of fused-ring (bicyclic) bond motifs is 1. The average molecular weight is 257 g/mol. The molecule has 0 spiro atoms. The minimum Gasteiger partial charge on any atom is -0.481 e. The number of rotatable bonds is 5. The van der Waals surface area contributed by atoms with Crippen LogP contribution in [-0.2, 0) is 4.79 Å². The lowest BCUT2D eigenvalue weighted by Crippen LogP contribution is -2.10. The Bertz CT molecular complexity index is 592. The van der Waals surface area contributed by atoms with E-state index in [-0.39, 0.29) is 12.5 Å². The number of carbonyl (C=O) groups is 1. The minimum atomic E-state index is -0.763. The Morgan fingerprint density at radius 2 is 1.89 bits per heavy atom. The zero-order valence-corrected chi connectivity index (χ0v) is 11.1. The van der Waals surface area contributed by atoms with Gasteiger partial charge in [-0.15, -0.1) is 0 Å². The molecular formula is C16H19NO2. The maximum Gasteiger partial charge on any atom is 0.303 e. The standard InChI is InChI=1S/C16H19NO2/c1-11-5-6-13-10-14(8-7-12(13)9-11)15(17)3-2-4-16(18)19/h5-10,15H,2-4,17H2,1H3,(H,18,19). The molecule has 0 saturated carbocycles. The molecule has 0 heterocycles. The lowest BCUT2D eigenvalue weighted by molar-refractivity contribution is -0.137. The maximum atomic E-state index is 10.5. The molecule has 100 valence electrons. The normalized spacial score (nSPS) is 12.5. The van der Waals surface area contributed by atoms with E-state index in [0.717, 1.165) is 5.56 Å². The highest BCUT2D eigenvalue weighted by Gasteiger charge is 2.08. The number of aliphatic carboxylic acids is 1. The van der Waals surface area contributed by atoms with Crippen molar-refractivity contribution in [2.24, 2.45) is 5.73 Å². The van der Waals surface area contributed by atoms with Crippen LogP contribution in [0.25, 0.3) is 10.8 Å². The van der Waals surface area contributed by atoms with E-state index in [4.69, 9.17) is 10.8 Å². The van der Waals surface area contributed by atoms with Crippen molar-refractivity contribution in [1.82, 2.24) is 0 Å². The summed E-state index contributed by atoms with van der Waals surface area (Å²) < 4.78 is 0. The van der Waals surface area contributed by atoms with E-state index in [0.29, 0.717) is 12.8 Å². The van der Waals surface area contributed by atoms with Gasteiger partial charge >= 0.3 is 5.97 Å². The maximum absolute atomic E-state index is 10.5. The summed E-state index contributed by atoms with van der Waals surface area (Å²) >= 11 is 0. The van der Waals surface area contributed by atoms with E-state index in [2.05, 4.69) is 37.3 Å². The molecule has 0 amide bonds. The van der Waals surface area contributed by atoms with Gasteiger partial charge in [-0.05, 0) is 42.2 Å². The van der Waals surface area contributed by atoms with Gasteiger partial charge in [0.1, 0.15) is 0 Å². The second-order valence-electron chi connectivity index (χ2n) is 5.00. The number of carboxylic acid groups (broad SMARTS) is 1. The summed E-state index contributed by atoms with van der Waals surface area (Å²) in [7, 11) is 0. The first-order chi connectivity index (χ1) is 9.06. The van der Waals surface area contributed by atoms with Crippen LogP contribution in [0, 0.1) is 6.92 Å². The largest absolute Gasteiger partial charge is 0.481 e. The molecule has 0 bridgehead atoms. The lowest BCUT2D eigenvalue weighted by atomic mass is 9.98. The second kappa shape index (κ2) is 5.85. The Labute approximate surface area is 113 Å². The summed E-state index contributed by atoms with van der Waals surface area (Å²) in [5.41, 5.74) is 8.42. The minimum absolute atomic E-state index is 0.0925. The van der Waals surface area contributed by atoms with E-state index in [1.807, 2.05) is 6.07 Å². The van der Waals surface area contributed by atoms with E-state index >= 15 is 0 Å². The molecule has 3 heteroatoms. The molecule has 0 aliphatic carbocycles. The molecular weight excluding hydrogens is 238 g/mol. The fourth-order valence-corrected chi connectivity index (χ4v) is 2.25. The Kier molecular flexibility index (Phi) is 4.17. The van der Waals surface area contributed by atoms with Crippen LogP contribution in [0.1, 0.15) is 36.4 Å². The van der Waals surface area contributed by atoms with Crippen molar-refractivity contribution in [3.8, 4) is 0 Å². The molecule has 2 rings (SSSR count). The van der Waals surface area contributed by atoms with Gasteiger partial charge in [0.15, 0.2) is 0 Å². The van der Waals surface area contributed by atoms with Crippen LogP contribution in [0.5, 0.6) is 0 Å². The Morgan fingerprint density at radius 1 is 1.21 bits per heavy atom. The number of benzene rings is 2. The number of aryl methyl sites for hydroxylation is 1. The van der Waals surface area contributed by atoms with Crippen molar-refractivity contribution < 1.29 is 9.90 Å². The monoisotopic (exact) mass is 257 g/mol. The number of hydrogen-bond acceptors (Lipinski definition) is 2. The van der Waals surface area contributed by atoms with Crippen molar-refractivity contribution in [2.45, 2.75) is 32.2 Å². The molecule has 2 aromatic carbocycles. The Balaban J connectivity index is 2.11. The summed E-state index contributed by atoms with van der Waals surface area (Å²) in [6.07, 6.45) is 1.49. The van der Waals surface area contributed by atoms with Crippen molar-refractivity contribution in [3.63, 3.8) is 0 Å². The highest BCUT2D eigenvalue weighted by atomic mass is 16.4. The summed E-state index contributed by atoms with van der Waals surface area (Å²) in [5.74, 6) is -0.763. The summed E-state index contributed by atoms with van der Waals surface area (Å²) in [5, 5.41) is 11.0. The van der Waals surface area contributed by atoms with Crippen molar-refractivity contribution in [1.29, 1.82) is 0 Å². The molecule has 1 unspecified atom stereocenters. The topological polar surface area (TPSA) is 63.3 Å². The molecule has 0 saturated heterocycles. The quantitative estimate of drug-likeness (QED) is 0.862. The first-order valence-corrected chi connectivity index (χ1v) is 6.54. The average Bonchev–Trinajstić information content (AvgIpc) is 2.37. The highest BCUT2D eigenvalue weighted by Crippen LogP contribution is 2.23. The molecule has 3 nitrogen and oxygen atoms in total. The number of carboxylic acids is 1. The third kappa shape index (κ3) is 3.55. The van der Waals surface area contributed by atoms with Crippen LogP contribution >= 0.6 is 0 Å². The van der Waals surface area contributed by atoms with E-state index < -0.39 is 5.97 Å². The van der Waals surface area contributed by atoms with Crippen LogP contribution in [0.15, 0.2) is 36.4 Å². The third-order valence-electron chi connectivity index (χ3n) is 3.35. The van der Waals surface area contributed by atoms with Gasteiger partial charge < -0.3 is 10.8 Å². The van der Waals surface area contributed by atoms with Crippen molar-refractivity contribution in [3.05, 3.63) is 47.5 Å². The van der Waals surface area contributed by atoms with Crippen molar-refractivity contribution in [2.75, 3.05) is 0 Å². The fourth-order valence-electron chi connectivity index (χ4n) is 2.25. The van der Waals surface area contributed by atoms with Crippen LogP contribution in [-0.4, -0.2) is 11.1 Å². The van der Waals surface area contributed by atoms with Crippen LogP contribution < -0.4 is 5.73 Å². The van der Waals surface area contributed by atoms with Gasteiger partial charge in [-0.2, -0.15) is 0 Å². The number of nitrogens with two attached hydrogens (primary N) is 1. The molecule has 2 aromatic rings. The third-order valence-corrected chi connectivity index (χ3v) is 3.35. The van der Waals surface area contributed by atoms with Gasteiger partial charge in [-0.1, -0.05) is 35.9 Å². The highest BCUT2D eigenvalue weighted by molar-refractivity contribution is 5.83. The van der Waals surface area contributed by atoms with E-state index in [9.17, 15) is 4.79 Å². The lowest BCUT2D eigenvalue weighted by Gasteiger charge is -2.12. The predicted octanol–water partition coefficient (Wildman–Crippen LogP) is 3.40. The molecule has 3 N–H and O–H groups in total. The van der Waals surface area contributed by atoms with Gasteiger partial charge in [-0.25, -0.2) is 0 Å². The predicted molar refractivity (Wildman–Crippen MR) is 77.1 cm³/mol. The zero-order chi connectivity index (χ0) is 13.8. The second-order valence-corrected chi connectivity index (χ2v) is 5.00. The summed E-state index contributed by atoms with van der Waals surface area (Å²) in [6.45, 7) is 2.07.